The maximum atomic E-state index is 13.0. The van der Waals surface area contributed by atoms with E-state index in [-0.39, 0.29) is 19.0 Å². The van der Waals surface area contributed by atoms with Gasteiger partial charge in [0, 0.05) is 6.54 Å². The molecule has 0 saturated heterocycles. The molecule has 0 spiro atoms. The number of carbonyl (C=O) groups excluding carboxylic acids is 3. The van der Waals surface area contributed by atoms with Crippen molar-refractivity contribution in [3.8, 4) is 11.5 Å². The highest BCUT2D eigenvalue weighted by Crippen LogP contribution is 2.30. The highest BCUT2D eigenvalue weighted by molar-refractivity contribution is 5.89. The molecule has 2 aromatic carbocycles. The molecule has 1 heterocycles. The van der Waals surface area contributed by atoms with Crippen molar-refractivity contribution in [1.82, 2.24) is 21.5 Å². The quantitative estimate of drug-likeness (QED) is 0.486. The van der Waals surface area contributed by atoms with E-state index in [0.29, 0.717) is 29.9 Å². The molecule has 0 aliphatic carbocycles. The minimum atomic E-state index is -0.929. The third-order valence-corrected chi connectivity index (χ3v) is 4.68. The number of amides is 4. The van der Waals surface area contributed by atoms with E-state index in [1.807, 2.05) is 6.92 Å². The molecule has 0 fully saturated rings. The maximum absolute atomic E-state index is 13.0. The molecule has 1 aliphatic heterocycles. The number of rotatable bonds is 7. The lowest BCUT2D eigenvalue weighted by Crippen LogP contribution is -2.56. The predicted molar refractivity (Wildman–Crippen MR) is 113 cm³/mol. The van der Waals surface area contributed by atoms with E-state index in [9.17, 15) is 18.8 Å². The largest absolute Gasteiger partial charge is 0.485 e. The zero-order valence-corrected chi connectivity index (χ0v) is 17.5. The molecule has 2 aromatic rings. The van der Waals surface area contributed by atoms with Gasteiger partial charge in [0.25, 0.3) is 11.8 Å². The van der Waals surface area contributed by atoms with Gasteiger partial charge >= 0.3 is 6.03 Å². The van der Waals surface area contributed by atoms with Crippen LogP contribution >= 0.6 is 0 Å². The summed E-state index contributed by atoms with van der Waals surface area (Å²) in [5.74, 6) is -0.541. The summed E-state index contributed by atoms with van der Waals surface area (Å²) in [6.45, 7) is 2.03. The second-order valence-electron chi connectivity index (χ2n) is 7.14. The van der Waals surface area contributed by atoms with Crippen LogP contribution in [0.25, 0.3) is 0 Å². The highest BCUT2D eigenvalue weighted by Gasteiger charge is 2.28. The third-order valence-electron chi connectivity index (χ3n) is 4.68. The van der Waals surface area contributed by atoms with E-state index < -0.39 is 30.0 Å². The second kappa shape index (κ2) is 11.0. The number of carbonyl (C=O) groups is 3. The minimum absolute atomic E-state index is 0.00114. The van der Waals surface area contributed by atoms with Crippen LogP contribution in [0.2, 0.25) is 0 Å². The predicted octanol–water partition coefficient (Wildman–Crippen LogP) is 1.78. The molecule has 4 N–H and O–H groups in total. The van der Waals surface area contributed by atoms with E-state index >= 15 is 0 Å². The van der Waals surface area contributed by atoms with Gasteiger partial charge in [-0.15, -0.1) is 0 Å². The first-order chi connectivity index (χ1) is 15.5. The minimum Gasteiger partial charge on any atom is -0.485 e. The van der Waals surface area contributed by atoms with Crippen molar-refractivity contribution in [2.45, 2.75) is 38.5 Å². The maximum Gasteiger partial charge on any atom is 0.315 e. The van der Waals surface area contributed by atoms with Crippen molar-refractivity contribution in [2.24, 2.45) is 0 Å². The number of benzene rings is 2. The number of hydrogen-bond acceptors (Lipinski definition) is 5. The van der Waals surface area contributed by atoms with Gasteiger partial charge in [0.15, 0.2) is 11.5 Å². The van der Waals surface area contributed by atoms with Crippen LogP contribution in [0.5, 0.6) is 11.5 Å². The molecule has 170 valence electrons. The molecular formula is C22H25FN4O5. The Bertz CT molecular complexity index is 954. The Kier molecular flexibility index (Phi) is 7.85. The van der Waals surface area contributed by atoms with Crippen molar-refractivity contribution >= 4 is 17.8 Å². The molecular weight excluding hydrogens is 419 g/mol. The zero-order valence-electron chi connectivity index (χ0n) is 17.5. The smallest absolute Gasteiger partial charge is 0.315 e. The number of halogens is 1. The summed E-state index contributed by atoms with van der Waals surface area (Å²) in [4.78, 5) is 37.0. The molecule has 3 rings (SSSR count). The van der Waals surface area contributed by atoms with Gasteiger partial charge in [0.05, 0.1) is 0 Å². The van der Waals surface area contributed by atoms with Gasteiger partial charge in [-0.1, -0.05) is 37.6 Å². The normalized spacial score (nSPS) is 15.2. The first-order valence-electron chi connectivity index (χ1n) is 10.2. The van der Waals surface area contributed by atoms with E-state index in [1.165, 1.54) is 12.1 Å². The Balaban J connectivity index is 1.46. The highest BCUT2D eigenvalue weighted by atomic mass is 19.1. The molecule has 0 unspecified atom stereocenters. The van der Waals surface area contributed by atoms with Gasteiger partial charge < -0.3 is 20.1 Å². The van der Waals surface area contributed by atoms with Gasteiger partial charge in [-0.2, -0.15) is 0 Å². The first kappa shape index (κ1) is 22.9. The monoisotopic (exact) mass is 444 g/mol. The topological polar surface area (TPSA) is 118 Å². The molecule has 0 radical (unpaired) electrons. The fourth-order valence-electron chi connectivity index (χ4n) is 2.99. The summed E-state index contributed by atoms with van der Waals surface area (Å²) in [6.07, 6.45) is 0.0599. The fourth-order valence-corrected chi connectivity index (χ4v) is 2.99. The standard InChI is InChI=1S/C22H25FN4O5/c1-2-5-16(25-22(30)24-12-14-8-10-15(23)11-9-14)20(28)26-27-21(29)19-13-31-17-6-3-4-7-18(17)32-19/h3-4,6-11,16,19H,2,5,12-13H2,1H3,(H,26,28)(H,27,29)(H2,24,25,30)/t16-,19+/m0/s1. The van der Waals surface area contributed by atoms with Crippen LogP contribution < -0.4 is 31.0 Å². The third kappa shape index (κ3) is 6.34. The van der Waals surface area contributed by atoms with Crippen LogP contribution in [-0.2, 0) is 16.1 Å². The van der Waals surface area contributed by atoms with Gasteiger partial charge in [-0.3, -0.25) is 20.4 Å². The van der Waals surface area contributed by atoms with Crippen LogP contribution in [0, 0.1) is 5.82 Å². The Hall–Kier alpha value is -3.82. The molecule has 32 heavy (non-hydrogen) atoms. The van der Waals surface area contributed by atoms with Gasteiger partial charge in [-0.05, 0) is 36.2 Å². The van der Waals surface area contributed by atoms with E-state index in [1.54, 1.807) is 36.4 Å². The van der Waals surface area contributed by atoms with Crippen LogP contribution in [0.1, 0.15) is 25.3 Å². The molecule has 0 aromatic heterocycles. The average Bonchev–Trinajstić information content (AvgIpc) is 2.81. The summed E-state index contributed by atoms with van der Waals surface area (Å²) in [5, 5.41) is 5.18. The van der Waals surface area contributed by atoms with Crippen molar-refractivity contribution < 1.29 is 28.2 Å². The van der Waals surface area contributed by atoms with Crippen molar-refractivity contribution in [2.75, 3.05) is 6.61 Å². The van der Waals surface area contributed by atoms with Crippen molar-refractivity contribution in [1.29, 1.82) is 0 Å². The number of nitrogens with one attached hydrogen (secondary N) is 4. The van der Waals surface area contributed by atoms with E-state index in [4.69, 9.17) is 9.47 Å². The molecule has 9 nitrogen and oxygen atoms in total. The number of ether oxygens (including phenoxy) is 2. The Morgan fingerprint density at radius 1 is 1.06 bits per heavy atom. The molecule has 4 amide bonds. The Labute approximate surface area is 184 Å². The Morgan fingerprint density at radius 3 is 2.50 bits per heavy atom. The second-order valence-corrected chi connectivity index (χ2v) is 7.14. The number of fused-ring (bicyclic) bond motifs is 1. The lowest BCUT2D eigenvalue weighted by atomic mass is 10.1. The van der Waals surface area contributed by atoms with Crippen LogP contribution in [0.3, 0.4) is 0 Å². The Morgan fingerprint density at radius 2 is 1.78 bits per heavy atom. The number of urea groups is 1. The summed E-state index contributed by atoms with van der Waals surface area (Å²) in [7, 11) is 0. The first-order valence-corrected chi connectivity index (χ1v) is 10.2. The lowest BCUT2D eigenvalue weighted by Gasteiger charge is -2.26. The molecule has 10 heteroatoms. The molecule has 0 bridgehead atoms. The molecule has 1 aliphatic rings. The average molecular weight is 444 g/mol. The van der Waals surface area contributed by atoms with Crippen LogP contribution in [-0.4, -0.2) is 36.6 Å². The van der Waals surface area contributed by atoms with Crippen molar-refractivity contribution in [3.05, 3.63) is 59.9 Å². The summed E-state index contributed by atoms with van der Waals surface area (Å²) >= 11 is 0. The van der Waals surface area contributed by atoms with E-state index in [2.05, 4.69) is 21.5 Å². The summed E-state index contributed by atoms with van der Waals surface area (Å²) < 4.78 is 24.0. The summed E-state index contributed by atoms with van der Waals surface area (Å²) in [5.41, 5.74) is 5.33. The molecule has 2 atom stereocenters. The van der Waals surface area contributed by atoms with Crippen molar-refractivity contribution in [3.63, 3.8) is 0 Å². The van der Waals surface area contributed by atoms with Crippen LogP contribution in [0.4, 0.5) is 9.18 Å². The lowest BCUT2D eigenvalue weighted by molar-refractivity contribution is -0.135. The van der Waals surface area contributed by atoms with Gasteiger partial charge in [-0.25, -0.2) is 9.18 Å². The van der Waals surface area contributed by atoms with Gasteiger partial charge in [0.1, 0.15) is 18.5 Å². The number of hydrogen-bond donors (Lipinski definition) is 4. The fraction of sp³-hybridized carbons (Fsp3) is 0.318. The van der Waals surface area contributed by atoms with Crippen LogP contribution in [0.15, 0.2) is 48.5 Å². The van der Waals surface area contributed by atoms with E-state index in [0.717, 1.165) is 0 Å². The van der Waals surface area contributed by atoms with Gasteiger partial charge in [0.2, 0.25) is 6.10 Å². The molecule has 0 saturated carbocycles. The summed E-state index contributed by atoms with van der Waals surface area (Å²) in [6, 6.07) is 11.2. The SMILES string of the molecule is CCC[C@H](NC(=O)NCc1ccc(F)cc1)C(=O)NNC(=O)[C@H]1COc2ccccc2O1. The number of hydrazine groups is 1. The zero-order chi connectivity index (χ0) is 22.9. The number of para-hydroxylation sites is 2.